The molecular formula is C13H20Cl2N2O2S. The van der Waals surface area contributed by atoms with E-state index in [2.05, 4.69) is 0 Å². The molecule has 1 aliphatic heterocycles. The molecule has 0 radical (unpaired) electrons. The van der Waals surface area contributed by atoms with Crippen LogP contribution in [0.1, 0.15) is 31.7 Å². The van der Waals surface area contributed by atoms with Crippen molar-refractivity contribution < 1.29 is 8.42 Å². The predicted molar refractivity (Wildman–Crippen MR) is 84.1 cm³/mol. The molecule has 4 nitrogen and oxygen atoms in total. The largest absolute Gasteiger partial charge is 0.326 e. The molecule has 0 saturated carbocycles. The van der Waals surface area contributed by atoms with Crippen molar-refractivity contribution in [3.8, 4) is 0 Å². The summed E-state index contributed by atoms with van der Waals surface area (Å²) >= 11 is 6.06. The van der Waals surface area contributed by atoms with Gasteiger partial charge in [0.1, 0.15) is 4.90 Å². The van der Waals surface area contributed by atoms with Crippen LogP contribution in [0.4, 0.5) is 0 Å². The first-order valence-corrected chi connectivity index (χ1v) is 8.19. The Labute approximate surface area is 131 Å². The molecular weight excluding hydrogens is 319 g/mol. The van der Waals surface area contributed by atoms with Gasteiger partial charge in [-0.1, -0.05) is 31.5 Å². The number of hydrogen-bond acceptors (Lipinski definition) is 3. The Morgan fingerprint density at radius 1 is 1.40 bits per heavy atom. The Morgan fingerprint density at radius 3 is 2.55 bits per heavy atom. The van der Waals surface area contributed by atoms with Gasteiger partial charge in [0.2, 0.25) is 10.0 Å². The van der Waals surface area contributed by atoms with Gasteiger partial charge in [0.15, 0.2) is 0 Å². The maximum Gasteiger partial charge on any atom is 0.244 e. The fourth-order valence-electron chi connectivity index (χ4n) is 2.19. The van der Waals surface area contributed by atoms with Gasteiger partial charge in [0.25, 0.3) is 0 Å². The first-order chi connectivity index (χ1) is 8.82. The van der Waals surface area contributed by atoms with Crippen molar-refractivity contribution in [3.63, 3.8) is 0 Å². The normalized spacial score (nSPS) is 20.1. The van der Waals surface area contributed by atoms with Crippen LogP contribution in [0.2, 0.25) is 5.02 Å². The summed E-state index contributed by atoms with van der Waals surface area (Å²) in [4.78, 5) is 0.189. The number of rotatable bonds is 3. The molecule has 1 aromatic rings. The minimum atomic E-state index is -3.54. The third-order valence-corrected chi connectivity index (χ3v) is 5.77. The topological polar surface area (TPSA) is 63.4 Å². The second-order valence-corrected chi connectivity index (χ2v) is 7.57. The molecule has 0 spiro atoms. The molecule has 0 unspecified atom stereocenters. The van der Waals surface area contributed by atoms with Crippen LogP contribution in [0, 0.1) is 0 Å². The molecule has 1 fully saturated rings. The van der Waals surface area contributed by atoms with Crippen molar-refractivity contribution in [2.45, 2.75) is 37.1 Å². The third-order valence-electron chi connectivity index (χ3n) is 3.43. The molecule has 0 aromatic heterocycles. The molecule has 0 amide bonds. The molecule has 1 aliphatic rings. The highest BCUT2D eigenvalue weighted by Crippen LogP contribution is 2.29. The van der Waals surface area contributed by atoms with Gasteiger partial charge < -0.3 is 5.73 Å². The van der Waals surface area contributed by atoms with E-state index in [1.54, 1.807) is 12.1 Å². The summed E-state index contributed by atoms with van der Waals surface area (Å²) in [6, 6.07) is 5.11. The Balaban J connectivity index is 0.00000200. The number of nitrogens with two attached hydrogens (primary N) is 1. The van der Waals surface area contributed by atoms with Crippen LogP contribution in [-0.2, 0) is 10.0 Å². The quantitative estimate of drug-likeness (QED) is 0.921. The van der Waals surface area contributed by atoms with Crippen LogP contribution in [0.25, 0.3) is 0 Å². The van der Waals surface area contributed by atoms with Crippen LogP contribution >= 0.6 is 24.0 Å². The van der Waals surface area contributed by atoms with Gasteiger partial charge in [-0.2, -0.15) is 4.31 Å². The van der Waals surface area contributed by atoms with E-state index < -0.39 is 10.0 Å². The summed E-state index contributed by atoms with van der Waals surface area (Å²) < 4.78 is 26.5. The van der Waals surface area contributed by atoms with Crippen LogP contribution in [0.15, 0.2) is 23.1 Å². The second-order valence-electron chi connectivity index (χ2n) is 5.26. The molecule has 0 bridgehead atoms. The van der Waals surface area contributed by atoms with Crippen molar-refractivity contribution in [2.24, 2.45) is 5.73 Å². The average molecular weight is 339 g/mol. The third kappa shape index (κ3) is 3.46. The predicted octanol–water partition coefficient (Wildman–Crippen LogP) is 2.61. The van der Waals surface area contributed by atoms with Crippen molar-refractivity contribution in [3.05, 3.63) is 28.8 Å². The van der Waals surface area contributed by atoms with Crippen LogP contribution in [0.3, 0.4) is 0 Å². The number of sulfonamides is 1. The van der Waals surface area contributed by atoms with E-state index >= 15 is 0 Å². The monoisotopic (exact) mass is 338 g/mol. The van der Waals surface area contributed by atoms with E-state index in [9.17, 15) is 8.42 Å². The van der Waals surface area contributed by atoms with Gasteiger partial charge in [-0.15, -0.1) is 12.4 Å². The van der Waals surface area contributed by atoms with Gasteiger partial charge in [-0.05, 0) is 30.0 Å². The maximum absolute atomic E-state index is 12.6. The zero-order valence-corrected chi connectivity index (χ0v) is 13.9. The first-order valence-electron chi connectivity index (χ1n) is 6.37. The molecule has 1 heterocycles. The highest BCUT2D eigenvalue weighted by Gasteiger charge is 2.32. The van der Waals surface area contributed by atoms with E-state index in [0.717, 1.165) is 5.56 Å². The molecule has 2 N–H and O–H groups in total. The molecule has 2 rings (SSSR count). The smallest absolute Gasteiger partial charge is 0.244 e. The molecule has 1 aromatic carbocycles. The van der Waals surface area contributed by atoms with Gasteiger partial charge in [-0.3, -0.25) is 0 Å². The Bertz CT molecular complexity index is 576. The van der Waals surface area contributed by atoms with Crippen LogP contribution in [-0.4, -0.2) is 31.9 Å². The fraction of sp³-hybridized carbons (Fsp3) is 0.538. The minimum Gasteiger partial charge on any atom is -0.326 e. The van der Waals surface area contributed by atoms with E-state index in [0.29, 0.717) is 19.5 Å². The Hall–Kier alpha value is -0.330. The zero-order chi connectivity index (χ0) is 14.2. The van der Waals surface area contributed by atoms with Crippen LogP contribution in [0.5, 0.6) is 0 Å². The van der Waals surface area contributed by atoms with Crippen molar-refractivity contribution in [1.82, 2.24) is 4.31 Å². The van der Waals surface area contributed by atoms with Gasteiger partial charge in [0, 0.05) is 19.1 Å². The SMILES string of the molecule is CC(C)c1ccc(Cl)c(S(=O)(=O)N2CC[C@@H](N)C2)c1.Cl. The van der Waals surface area contributed by atoms with Gasteiger partial charge >= 0.3 is 0 Å². The summed E-state index contributed by atoms with van der Waals surface area (Å²) in [5.41, 5.74) is 6.74. The van der Waals surface area contributed by atoms with E-state index in [-0.39, 0.29) is 34.3 Å². The van der Waals surface area contributed by atoms with Gasteiger partial charge in [-0.25, -0.2) is 8.42 Å². The first kappa shape index (κ1) is 17.7. The molecule has 20 heavy (non-hydrogen) atoms. The Morgan fingerprint density at radius 2 is 2.05 bits per heavy atom. The lowest BCUT2D eigenvalue weighted by Crippen LogP contribution is -2.32. The molecule has 114 valence electrons. The zero-order valence-electron chi connectivity index (χ0n) is 11.5. The van der Waals surface area contributed by atoms with E-state index in [4.69, 9.17) is 17.3 Å². The van der Waals surface area contributed by atoms with E-state index in [1.165, 1.54) is 4.31 Å². The standard InChI is InChI=1S/C13H19ClN2O2S.ClH/c1-9(2)10-3-4-12(14)13(7-10)19(17,18)16-6-5-11(15)8-16;/h3-4,7,9,11H,5-6,8,15H2,1-2H3;1H/t11-;/m1./s1. The summed E-state index contributed by atoms with van der Waals surface area (Å²) in [6.07, 6.45) is 0.695. The Kier molecular flexibility index (Phi) is 5.87. The lowest BCUT2D eigenvalue weighted by molar-refractivity contribution is 0.472. The summed E-state index contributed by atoms with van der Waals surface area (Å²) in [5.74, 6) is 0.257. The highest BCUT2D eigenvalue weighted by atomic mass is 35.5. The van der Waals surface area contributed by atoms with Crippen molar-refractivity contribution in [2.75, 3.05) is 13.1 Å². The fourth-order valence-corrected chi connectivity index (χ4v) is 4.21. The molecule has 1 atom stereocenters. The second kappa shape index (κ2) is 6.62. The summed E-state index contributed by atoms with van der Waals surface area (Å²) in [7, 11) is -3.54. The lowest BCUT2D eigenvalue weighted by atomic mass is 10.0. The van der Waals surface area contributed by atoms with Crippen molar-refractivity contribution in [1.29, 1.82) is 0 Å². The molecule has 7 heteroatoms. The number of benzene rings is 1. The number of nitrogens with zero attached hydrogens (tertiary/aromatic N) is 1. The van der Waals surface area contributed by atoms with Crippen LogP contribution < -0.4 is 5.73 Å². The van der Waals surface area contributed by atoms with Gasteiger partial charge in [0.05, 0.1) is 5.02 Å². The van der Waals surface area contributed by atoms with Crippen molar-refractivity contribution >= 4 is 34.0 Å². The molecule has 0 aliphatic carbocycles. The lowest BCUT2D eigenvalue weighted by Gasteiger charge is -2.18. The molecule has 1 saturated heterocycles. The summed E-state index contributed by atoms with van der Waals surface area (Å²) in [5, 5.41) is 0.268. The number of halogens is 2. The highest BCUT2D eigenvalue weighted by molar-refractivity contribution is 7.89. The maximum atomic E-state index is 12.6. The summed E-state index contributed by atoms with van der Waals surface area (Å²) in [6.45, 7) is 4.87. The number of hydrogen-bond donors (Lipinski definition) is 1. The minimum absolute atomic E-state index is 0. The average Bonchev–Trinajstić information content (AvgIpc) is 2.76. The van der Waals surface area contributed by atoms with E-state index in [1.807, 2.05) is 19.9 Å².